The van der Waals surface area contributed by atoms with Crippen LogP contribution in [0.25, 0.3) is 0 Å². The molecule has 0 unspecified atom stereocenters. The summed E-state index contributed by atoms with van der Waals surface area (Å²) in [6.07, 6.45) is 1.01. The summed E-state index contributed by atoms with van der Waals surface area (Å²) in [5.74, 6) is -0.0133. The Morgan fingerprint density at radius 1 is 1.62 bits per heavy atom. The lowest BCUT2D eigenvalue weighted by Gasteiger charge is -2.01. The van der Waals surface area contributed by atoms with Gasteiger partial charge in [0.15, 0.2) is 0 Å². The lowest BCUT2D eigenvalue weighted by Crippen LogP contribution is -1.96. The van der Waals surface area contributed by atoms with Crippen LogP contribution in [-0.2, 0) is 10.2 Å². The molecule has 0 N–H and O–H groups in total. The largest absolute Gasteiger partial charge is 0.481 e. The van der Waals surface area contributed by atoms with Crippen LogP contribution in [0.5, 0.6) is 5.88 Å². The average Bonchev–Trinajstić information content (AvgIpc) is 2.03. The molecule has 4 nitrogen and oxygen atoms in total. The molecule has 0 amide bonds. The first-order valence-electron chi connectivity index (χ1n) is 3.09. The fraction of sp³-hybridized carbons (Fsp3) is 0.167. The van der Waals surface area contributed by atoms with Crippen molar-refractivity contribution in [3.8, 4) is 5.88 Å². The lowest BCUT2D eigenvalue weighted by molar-refractivity contribution is 0.396. The number of rotatable bonds is 2. The number of aromatic nitrogens is 1. The molecular formula is C6H5ClFNO3S. The van der Waals surface area contributed by atoms with Gasteiger partial charge in [-0.3, -0.25) is 0 Å². The molecule has 0 fully saturated rings. The van der Waals surface area contributed by atoms with Gasteiger partial charge in [0, 0.05) is 6.07 Å². The van der Waals surface area contributed by atoms with Crippen LogP contribution in [0.2, 0.25) is 5.02 Å². The topological polar surface area (TPSA) is 56.3 Å². The fourth-order valence-corrected chi connectivity index (χ4v) is 1.61. The Hall–Kier alpha value is -0.880. The standard InChI is InChI=1S/C6H5ClFNO3S/c1-12-6-2-5(13(8,10)11)4(7)3-9-6/h2-3H,1H3. The van der Waals surface area contributed by atoms with Crippen LogP contribution in [0.15, 0.2) is 17.2 Å². The van der Waals surface area contributed by atoms with E-state index >= 15 is 0 Å². The van der Waals surface area contributed by atoms with Gasteiger partial charge >= 0.3 is 10.2 Å². The minimum atomic E-state index is -4.82. The predicted molar refractivity (Wildman–Crippen MR) is 44.1 cm³/mol. The Morgan fingerprint density at radius 3 is 2.69 bits per heavy atom. The molecule has 1 heterocycles. The van der Waals surface area contributed by atoms with Crippen molar-refractivity contribution in [1.29, 1.82) is 0 Å². The maximum Gasteiger partial charge on any atom is 0.333 e. The number of halogens is 2. The van der Waals surface area contributed by atoms with Crippen molar-refractivity contribution in [2.24, 2.45) is 0 Å². The van der Waals surface area contributed by atoms with E-state index < -0.39 is 15.1 Å². The van der Waals surface area contributed by atoms with Gasteiger partial charge < -0.3 is 4.74 Å². The molecule has 0 atom stereocenters. The van der Waals surface area contributed by atoms with Crippen LogP contribution >= 0.6 is 11.6 Å². The van der Waals surface area contributed by atoms with E-state index in [1.165, 1.54) is 7.11 Å². The molecule has 1 rings (SSSR count). The van der Waals surface area contributed by atoms with Crippen molar-refractivity contribution in [3.05, 3.63) is 17.3 Å². The van der Waals surface area contributed by atoms with Crippen molar-refractivity contribution in [3.63, 3.8) is 0 Å². The van der Waals surface area contributed by atoms with Crippen molar-refractivity contribution in [1.82, 2.24) is 4.98 Å². The molecule has 13 heavy (non-hydrogen) atoms. The Kier molecular flexibility index (Phi) is 2.72. The first kappa shape index (κ1) is 10.2. The van der Waals surface area contributed by atoms with E-state index in [-0.39, 0.29) is 10.9 Å². The fourth-order valence-electron chi connectivity index (χ4n) is 0.701. The molecule has 7 heteroatoms. The molecule has 1 aromatic heterocycles. The number of hydrogen-bond donors (Lipinski definition) is 0. The summed E-state index contributed by atoms with van der Waals surface area (Å²) in [7, 11) is -3.54. The van der Waals surface area contributed by atoms with E-state index in [9.17, 15) is 12.3 Å². The molecule has 0 aliphatic heterocycles. The van der Waals surface area contributed by atoms with Gasteiger partial charge in [0.05, 0.1) is 18.3 Å². The van der Waals surface area contributed by atoms with Crippen LogP contribution in [0.3, 0.4) is 0 Å². The van der Waals surface area contributed by atoms with Crippen LogP contribution in [0.4, 0.5) is 3.89 Å². The Morgan fingerprint density at radius 2 is 2.23 bits per heavy atom. The normalized spacial score (nSPS) is 11.3. The smallest absolute Gasteiger partial charge is 0.333 e. The molecule has 72 valence electrons. The maximum absolute atomic E-state index is 12.5. The second kappa shape index (κ2) is 3.47. The van der Waals surface area contributed by atoms with E-state index in [1.54, 1.807) is 0 Å². The van der Waals surface area contributed by atoms with Gasteiger partial charge in [0.2, 0.25) is 5.88 Å². The summed E-state index contributed by atoms with van der Waals surface area (Å²) in [6, 6.07) is 0.914. The zero-order chi connectivity index (χ0) is 10.1. The highest BCUT2D eigenvalue weighted by molar-refractivity contribution is 7.86. The van der Waals surface area contributed by atoms with E-state index in [1.807, 2.05) is 0 Å². The minimum absolute atomic E-state index is 0.0133. The lowest BCUT2D eigenvalue weighted by atomic mass is 10.5. The summed E-state index contributed by atoms with van der Waals surface area (Å²) in [5, 5.41) is -0.275. The monoisotopic (exact) mass is 225 g/mol. The quantitative estimate of drug-likeness (QED) is 0.714. The van der Waals surface area contributed by atoms with Crippen molar-refractivity contribution >= 4 is 21.8 Å². The van der Waals surface area contributed by atoms with Crippen molar-refractivity contribution in [2.75, 3.05) is 7.11 Å². The molecule has 0 aliphatic rings. The number of pyridine rings is 1. The molecule has 0 aromatic carbocycles. The van der Waals surface area contributed by atoms with Gasteiger partial charge in [-0.2, -0.15) is 8.42 Å². The second-order valence-electron chi connectivity index (χ2n) is 2.09. The predicted octanol–water partition coefficient (Wildman–Crippen LogP) is 1.40. The van der Waals surface area contributed by atoms with Gasteiger partial charge in [-0.05, 0) is 0 Å². The molecule has 1 aromatic rings. The molecule has 0 bridgehead atoms. The summed E-state index contributed by atoms with van der Waals surface area (Å²) < 4.78 is 38.1. The van der Waals surface area contributed by atoms with E-state index in [0.29, 0.717) is 0 Å². The van der Waals surface area contributed by atoms with Gasteiger partial charge in [-0.1, -0.05) is 11.6 Å². The van der Waals surface area contributed by atoms with Crippen molar-refractivity contribution in [2.45, 2.75) is 4.90 Å². The first-order valence-corrected chi connectivity index (χ1v) is 4.85. The second-order valence-corrected chi connectivity index (χ2v) is 3.82. The number of ether oxygens (including phenoxy) is 1. The minimum Gasteiger partial charge on any atom is -0.481 e. The van der Waals surface area contributed by atoms with Gasteiger partial charge in [-0.25, -0.2) is 4.98 Å². The summed E-state index contributed by atoms with van der Waals surface area (Å²) >= 11 is 5.40. The highest BCUT2D eigenvalue weighted by Crippen LogP contribution is 2.25. The number of nitrogens with zero attached hydrogens (tertiary/aromatic N) is 1. The van der Waals surface area contributed by atoms with Crippen LogP contribution in [0.1, 0.15) is 0 Å². The molecule has 0 saturated heterocycles. The summed E-state index contributed by atoms with van der Waals surface area (Å²) in [4.78, 5) is 2.95. The third-order valence-corrected chi connectivity index (χ3v) is 2.54. The molecule has 0 saturated carbocycles. The van der Waals surface area contributed by atoms with Gasteiger partial charge in [-0.15, -0.1) is 3.89 Å². The number of hydrogen-bond acceptors (Lipinski definition) is 4. The Balaban J connectivity index is 3.36. The third kappa shape index (κ3) is 2.28. The molecular weight excluding hydrogens is 221 g/mol. The molecule has 0 radical (unpaired) electrons. The highest BCUT2D eigenvalue weighted by Gasteiger charge is 2.17. The summed E-state index contributed by atoms with van der Waals surface area (Å²) in [5.41, 5.74) is 0. The molecule has 0 spiro atoms. The van der Waals surface area contributed by atoms with Crippen molar-refractivity contribution < 1.29 is 17.0 Å². The molecule has 0 aliphatic carbocycles. The zero-order valence-corrected chi connectivity index (χ0v) is 8.06. The van der Waals surface area contributed by atoms with Crippen LogP contribution in [0, 0.1) is 0 Å². The average molecular weight is 226 g/mol. The zero-order valence-electron chi connectivity index (χ0n) is 6.49. The first-order chi connectivity index (χ1) is 5.95. The van der Waals surface area contributed by atoms with E-state index in [4.69, 9.17) is 11.6 Å². The summed E-state index contributed by atoms with van der Waals surface area (Å²) in [6.45, 7) is 0. The Labute approximate surface area is 79.5 Å². The SMILES string of the molecule is COc1cc(S(=O)(=O)F)c(Cl)cn1. The maximum atomic E-state index is 12.5. The van der Waals surface area contributed by atoms with Crippen LogP contribution in [-0.4, -0.2) is 20.5 Å². The third-order valence-electron chi connectivity index (χ3n) is 1.27. The van der Waals surface area contributed by atoms with Crippen LogP contribution < -0.4 is 4.74 Å². The van der Waals surface area contributed by atoms with Gasteiger partial charge in [0.25, 0.3) is 0 Å². The highest BCUT2D eigenvalue weighted by atomic mass is 35.5. The Bertz CT molecular complexity index is 420. The van der Waals surface area contributed by atoms with E-state index in [0.717, 1.165) is 12.3 Å². The van der Waals surface area contributed by atoms with Gasteiger partial charge in [0.1, 0.15) is 4.90 Å². The number of methoxy groups -OCH3 is 1. The van der Waals surface area contributed by atoms with E-state index in [2.05, 4.69) is 9.72 Å².